The van der Waals surface area contributed by atoms with Crippen molar-refractivity contribution in [3.63, 3.8) is 0 Å². The third kappa shape index (κ3) is 5.12. The highest BCUT2D eigenvalue weighted by Gasteiger charge is 2.06. The predicted molar refractivity (Wildman–Crippen MR) is 79.2 cm³/mol. The highest BCUT2D eigenvalue weighted by molar-refractivity contribution is 5.28. The van der Waals surface area contributed by atoms with Crippen LogP contribution < -0.4 is 4.74 Å². The fourth-order valence-electron chi connectivity index (χ4n) is 2.05. The standard InChI is InChI=1S/C17H28O/c1-5-14(4)11-16-9-8-10-17(12-16)18-13-15(6-2)7-3/h8-10,12,14-15H,5-7,11,13H2,1-4H3/t14-/m1/s1. The molecule has 0 unspecified atom stereocenters. The van der Waals surface area contributed by atoms with E-state index >= 15 is 0 Å². The molecule has 1 aromatic carbocycles. The highest BCUT2D eigenvalue weighted by Crippen LogP contribution is 2.19. The molecule has 0 heterocycles. The maximum absolute atomic E-state index is 5.91. The highest BCUT2D eigenvalue weighted by atomic mass is 16.5. The van der Waals surface area contributed by atoms with E-state index in [1.54, 1.807) is 0 Å². The topological polar surface area (TPSA) is 9.23 Å². The fourth-order valence-corrected chi connectivity index (χ4v) is 2.05. The van der Waals surface area contributed by atoms with Crippen molar-refractivity contribution in [2.75, 3.05) is 6.61 Å². The average molecular weight is 248 g/mol. The summed E-state index contributed by atoms with van der Waals surface area (Å²) in [6, 6.07) is 8.59. The average Bonchev–Trinajstić information content (AvgIpc) is 2.40. The monoisotopic (exact) mass is 248 g/mol. The lowest BCUT2D eigenvalue weighted by Gasteiger charge is -2.15. The van der Waals surface area contributed by atoms with Crippen LogP contribution in [0.25, 0.3) is 0 Å². The van der Waals surface area contributed by atoms with Gasteiger partial charge in [0.25, 0.3) is 0 Å². The fraction of sp³-hybridized carbons (Fsp3) is 0.647. The Morgan fingerprint density at radius 3 is 2.39 bits per heavy atom. The molecule has 0 aromatic heterocycles. The van der Waals surface area contributed by atoms with Gasteiger partial charge in [0.05, 0.1) is 6.61 Å². The molecule has 0 spiro atoms. The summed E-state index contributed by atoms with van der Waals surface area (Å²) in [5.41, 5.74) is 1.39. The van der Waals surface area contributed by atoms with Crippen LogP contribution in [0.2, 0.25) is 0 Å². The molecule has 1 aromatic rings. The van der Waals surface area contributed by atoms with Crippen molar-refractivity contribution in [1.29, 1.82) is 0 Å². The van der Waals surface area contributed by atoms with E-state index in [9.17, 15) is 0 Å². The van der Waals surface area contributed by atoms with E-state index in [1.807, 2.05) is 0 Å². The summed E-state index contributed by atoms with van der Waals surface area (Å²) in [5.74, 6) is 2.46. The Bertz CT molecular complexity index is 328. The van der Waals surface area contributed by atoms with Crippen molar-refractivity contribution in [2.24, 2.45) is 11.8 Å². The van der Waals surface area contributed by atoms with Crippen molar-refractivity contribution in [3.8, 4) is 5.75 Å². The van der Waals surface area contributed by atoms with Crippen LogP contribution in [0.5, 0.6) is 5.75 Å². The molecule has 0 saturated carbocycles. The van der Waals surface area contributed by atoms with Crippen molar-refractivity contribution < 1.29 is 4.74 Å². The van der Waals surface area contributed by atoms with Crippen molar-refractivity contribution >= 4 is 0 Å². The largest absolute Gasteiger partial charge is 0.493 e. The molecule has 0 aliphatic carbocycles. The molecule has 0 radical (unpaired) electrons. The van der Waals surface area contributed by atoms with Crippen molar-refractivity contribution in [3.05, 3.63) is 29.8 Å². The minimum Gasteiger partial charge on any atom is -0.493 e. The Balaban J connectivity index is 2.53. The summed E-state index contributed by atoms with van der Waals surface area (Å²) in [6.07, 6.45) is 4.78. The molecule has 0 fully saturated rings. The molecule has 0 amide bonds. The normalized spacial score (nSPS) is 12.7. The summed E-state index contributed by atoms with van der Waals surface area (Å²) in [7, 11) is 0. The van der Waals surface area contributed by atoms with E-state index in [2.05, 4.69) is 52.0 Å². The lowest BCUT2D eigenvalue weighted by molar-refractivity contribution is 0.240. The molecule has 1 atom stereocenters. The van der Waals surface area contributed by atoms with Gasteiger partial charge in [-0.1, -0.05) is 59.1 Å². The first-order chi connectivity index (χ1) is 8.69. The summed E-state index contributed by atoms with van der Waals surface area (Å²) in [6.45, 7) is 9.86. The van der Waals surface area contributed by atoms with Gasteiger partial charge in [0, 0.05) is 0 Å². The molecule has 0 saturated heterocycles. The molecule has 1 nitrogen and oxygen atoms in total. The van der Waals surface area contributed by atoms with E-state index in [0.717, 1.165) is 24.7 Å². The number of benzene rings is 1. The summed E-state index contributed by atoms with van der Waals surface area (Å²) in [5, 5.41) is 0. The van der Waals surface area contributed by atoms with Crippen molar-refractivity contribution in [2.45, 2.75) is 53.4 Å². The Kier molecular flexibility index (Phi) is 6.85. The first-order valence-corrected chi connectivity index (χ1v) is 7.41. The Labute approximate surface area is 113 Å². The zero-order chi connectivity index (χ0) is 13.4. The van der Waals surface area contributed by atoms with Gasteiger partial charge in [0.2, 0.25) is 0 Å². The van der Waals surface area contributed by atoms with Gasteiger partial charge in [0.1, 0.15) is 5.75 Å². The number of rotatable bonds is 8. The van der Waals surface area contributed by atoms with Crippen LogP contribution in [-0.2, 0) is 6.42 Å². The Morgan fingerprint density at radius 2 is 1.78 bits per heavy atom. The van der Waals surface area contributed by atoms with Gasteiger partial charge in [-0.25, -0.2) is 0 Å². The van der Waals surface area contributed by atoms with Crippen molar-refractivity contribution in [1.82, 2.24) is 0 Å². The lowest BCUT2D eigenvalue weighted by atomic mass is 9.99. The quantitative estimate of drug-likeness (QED) is 0.622. The van der Waals surface area contributed by atoms with Gasteiger partial charge < -0.3 is 4.74 Å². The van der Waals surface area contributed by atoms with E-state index in [0.29, 0.717) is 5.92 Å². The van der Waals surface area contributed by atoms with Gasteiger partial charge in [0.15, 0.2) is 0 Å². The molecule has 0 N–H and O–H groups in total. The van der Waals surface area contributed by atoms with Gasteiger partial charge in [-0.05, 0) is 36.0 Å². The maximum Gasteiger partial charge on any atom is 0.119 e. The first-order valence-electron chi connectivity index (χ1n) is 7.41. The molecular weight excluding hydrogens is 220 g/mol. The molecule has 18 heavy (non-hydrogen) atoms. The van der Waals surface area contributed by atoms with Crippen LogP contribution in [0.4, 0.5) is 0 Å². The van der Waals surface area contributed by atoms with E-state index in [4.69, 9.17) is 4.74 Å². The van der Waals surface area contributed by atoms with Crippen LogP contribution >= 0.6 is 0 Å². The van der Waals surface area contributed by atoms with Crippen LogP contribution in [0.3, 0.4) is 0 Å². The third-order valence-corrected chi connectivity index (χ3v) is 3.82. The summed E-state index contributed by atoms with van der Waals surface area (Å²) in [4.78, 5) is 0. The maximum atomic E-state index is 5.91. The predicted octanol–water partition coefficient (Wildman–Crippen LogP) is 5.09. The van der Waals surface area contributed by atoms with E-state index in [1.165, 1.54) is 24.8 Å². The second-order valence-electron chi connectivity index (χ2n) is 5.36. The van der Waals surface area contributed by atoms with Gasteiger partial charge in [-0.15, -0.1) is 0 Å². The van der Waals surface area contributed by atoms with E-state index in [-0.39, 0.29) is 0 Å². The second-order valence-corrected chi connectivity index (χ2v) is 5.36. The van der Waals surface area contributed by atoms with E-state index < -0.39 is 0 Å². The van der Waals surface area contributed by atoms with Crippen LogP contribution in [0.1, 0.15) is 52.5 Å². The number of ether oxygens (including phenoxy) is 1. The minimum absolute atomic E-state index is 0.684. The summed E-state index contributed by atoms with van der Waals surface area (Å²) < 4.78 is 5.91. The van der Waals surface area contributed by atoms with Crippen LogP contribution in [0.15, 0.2) is 24.3 Å². The smallest absolute Gasteiger partial charge is 0.119 e. The van der Waals surface area contributed by atoms with Gasteiger partial charge in [-0.2, -0.15) is 0 Å². The van der Waals surface area contributed by atoms with Crippen LogP contribution in [0, 0.1) is 11.8 Å². The molecule has 1 rings (SSSR count). The second kappa shape index (κ2) is 8.18. The molecular formula is C17H28O. The molecule has 0 aliphatic heterocycles. The number of hydrogen-bond acceptors (Lipinski definition) is 1. The van der Waals surface area contributed by atoms with Gasteiger partial charge in [-0.3, -0.25) is 0 Å². The lowest BCUT2D eigenvalue weighted by Crippen LogP contribution is -2.10. The third-order valence-electron chi connectivity index (χ3n) is 3.82. The van der Waals surface area contributed by atoms with Gasteiger partial charge >= 0.3 is 0 Å². The zero-order valence-electron chi connectivity index (χ0n) is 12.4. The summed E-state index contributed by atoms with van der Waals surface area (Å²) >= 11 is 0. The zero-order valence-corrected chi connectivity index (χ0v) is 12.4. The first kappa shape index (κ1) is 15.1. The molecule has 0 bridgehead atoms. The molecule has 1 heteroatoms. The SMILES string of the molecule is CCC(CC)COc1cccc(C[C@H](C)CC)c1. The molecule has 0 aliphatic rings. The minimum atomic E-state index is 0.684. The molecule has 102 valence electrons. The Morgan fingerprint density at radius 1 is 1.06 bits per heavy atom. The van der Waals surface area contributed by atoms with Crippen LogP contribution in [-0.4, -0.2) is 6.61 Å². The Hall–Kier alpha value is -0.980. The number of hydrogen-bond donors (Lipinski definition) is 0.